The van der Waals surface area contributed by atoms with Gasteiger partial charge in [0, 0.05) is 29.7 Å². The number of halogens is 1. The normalized spacial score (nSPS) is 17.0. The fraction of sp³-hybridized carbons (Fsp3) is 0.562. The third-order valence-electron chi connectivity index (χ3n) is 7.80. The lowest BCUT2D eigenvalue weighted by Crippen LogP contribution is -2.42. The molecule has 2 aliphatic carbocycles. The molecule has 224 valence electrons. The van der Waals surface area contributed by atoms with Gasteiger partial charge in [-0.1, -0.05) is 55.8 Å². The summed E-state index contributed by atoms with van der Waals surface area (Å²) in [6.45, 7) is 1.84. The summed E-state index contributed by atoms with van der Waals surface area (Å²) in [6, 6.07) is 13.1. The Labute approximate surface area is 248 Å². The molecule has 4 rings (SSSR count). The number of benzene rings is 2. The second kappa shape index (κ2) is 16.0. The minimum Gasteiger partial charge on any atom is -0.493 e. The number of methoxy groups -OCH3 is 1. The summed E-state index contributed by atoms with van der Waals surface area (Å²) in [7, 11) is 3.24. The molecule has 2 atom stereocenters. The summed E-state index contributed by atoms with van der Waals surface area (Å²) in [5, 5.41) is 9.77. The molecule has 0 heterocycles. The predicted octanol–water partition coefficient (Wildman–Crippen LogP) is 5.88. The minimum absolute atomic E-state index is 0.0412. The van der Waals surface area contributed by atoms with Gasteiger partial charge in [0.1, 0.15) is 11.9 Å². The van der Waals surface area contributed by atoms with E-state index in [0.29, 0.717) is 41.3 Å². The first-order chi connectivity index (χ1) is 19.9. The molecule has 0 saturated heterocycles. The quantitative estimate of drug-likeness (QED) is 0.226. The van der Waals surface area contributed by atoms with E-state index in [4.69, 9.17) is 21.1 Å². The molecule has 8 nitrogen and oxygen atoms in total. The molecule has 2 saturated carbocycles. The standard InChI is InChI=1S/C32H44ClN3O5/c1-34-20-28(15-22-7-4-3-5-8-22)36-31(37)26-16-25(18-29(19-26)41-21-23-11-12-23)30(24-9-6-10-27(33)17-24)40-14-13-35-32(38)39-2/h6,9-10,16-19,22-23,28,30,34H,3-5,7-8,11-15,20-21H2,1-2H3,(H,35,38)(H,36,37)/t28-,30?/m0/s1. The van der Waals surface area contributed by atoms with Crippen LogP contribution in [0.5, 0.6) is 5.75 Å². The Morgan fingerprint density at radius 1 is 1.00 bits per heavy atom. The molecule has 2 aromatic carbocycles. The molecule has 2 amide bonds. The van der Waals surface area contributed by atoms with Gasteiger partial charge in [-0.2, -0.15) is 0 Å². The molecule has 0 aliphatic heterocycles. The zero-order valence-corrected chi connectivity index (χ0v) is 25.0. The maximum absolute atomic E-state index is 13.7. The number of alkyl carbamates (subject to hydrolysis) is 1. The van der Waals surface area contributed by atoms with Gasteiger partial charge in [0.2, 0.25) is 0 Å². The number of carbonyl (C=O) groups is 2. The fourth-order valence-electron chi connectivity index (χ4n) is 5.48. The van der Waals surface area contributed by atoms with Gasteiger partial charge < -0.3 is 30.2 Å². The lowest BCUT2D eigenvalue weighted by atomic mass is 9.84. The van der Waals surface area contributed by atoms with E-state index < -0.39 is 12.2 Å². The van der Waals surface area contributed by atoms with Crippen molar-refractivity contribution in [2.75, 3.05) is 40.5 Å². The maximum atomic E-state index is 13.7. The van der Waals surface area contributed by atoms with Gasteiger partial charge in [0.15, 0.2) is 0 Å². The van der Waals surface area contributed by atoms with Crippen molar-refractivity contribution in [3.8, 4) is 5.75 Å². The maximum Gasteiger partial charge on any atom is 0.406 e. The van der Waals surface area contributed by atoms with Crippen LogP contribution in [0.3, 0.4) is 0 Å². The molecule has 1 unspecified atom stereocenters. The van der Waals surface area contributed by atoms with Crippen molar-refractivity contribution in [3.05, 3.63) is 64.2 Å². The van der Waals surface area contributed by atoms with Crippen molar-refractivity contribution < 1.29 is 23.8 Å². The Morgan fingerprint density at radius 2 is 1.80 bits per heavy atom. The lowest BCUT2D eigenvalue weighted by Gasteiger charge is -2.27. The summed E-state index contributed by atoms with van der Waals surface area (Å²) >= 11 is 6.35. The van der Waals surface area contributed by atoms with Gasteiger partial charge in [0.25, 0.3) is 5.91 Å². The highest BCUT2D eigenvalue weighted by Crippen LogP contribution is 2.34. The lowest BCUT2D eigenvalue weighted by molar-refractivity contribution is 0.0801. The smallest absolute Gasteiger partial charge is 0.406 e. The van der Waals surface area contributed by atoms with Crippen LogP contribution in [0, 0.1) is 11.8 Å². The number of likely N-dealkylation sites (N-methyl/N-ethyl adjacent to an activating group) is 1. The monoisotopic (exact) mass is 585 g/mol. The van der Waals surface area contributed by atoms with Crippen LogP contribution < -0.4 is 20.7 Å². The molecule has 41 heavy (non-hydrogen) atoms. The van der Waals surface area contributed by atoms with Crippen LogP contribution in [0.1, 0.15) is 79.0 Å². The number of hydrogen-bond acceptors (Lipinski definition) is 6. The van der Waals surface area contributed by atoms with Crippen LogP contribution in [0.2, 0.25) is 5.02 Å². The van der Waals surface area contributed by atoms with Crippen LogP contribution in [-0.4, -0.2) is 58.5 Å². The zero-order chi connectivity index (χ0) is 29.0. The first kappa shape index (κ1) is 31.1. The van der Waals surface area contributed by atoms with E-state index in [-0.39, 0.29) is 25.1 Å². The van der Waals surface area contributed by atoms with E-state index in [0.717, 1.165) is 17.5 Å². The molecule has 0 radical (unpaired) electrons. The first-order valence-electron chi connectivity index (χ1n) is 14.9. The van der Waals surface area contributed by atoms with Crippen LogP contribution in [-0.2, 0) is 9.47 Å². The molecule has 2 fully saturated rings. The molecule has 0 aromatic heterocycles. The van der Waals surface area contributed by atoms with Crippen molar-refractivity contribution in [2.45, 2.75) is 63.5 Å². The van der Waals surface area contributed by atoms with Gasteiger partial charge in [0.05, 0.1) is 20.3 Å². The molecule has 0 spiro atoms. The second-order valence-electron chi connectivity index (χ2n) is 11.2. The van der Waals surface area contributed by atoms with Crippen LogP contribution in [0.4, 0.5) is 4.79 Å². The Kier molecular flexibility index (Phi) is 12.1. The largest absolute Gasteiger partial charge is 0.493 e. The number of ether oxygens (including phenoxy) is 3. The van der Waals surface area contributed by atoms with Gasteiger partial charge in [-0.25, -0.2) is 4.79 Å². The second-order valence-corrected chi connectivity index (χ2v) is 11.7. The number of amides is 2. The summed E-state index contributed by atoms with van der Waals surface area (Å²) in [5.74, 6) is 1.72. The SMILES string of the molecule is CNC[C@H](CC1CCCCC1)NC(=O)c1cc(OCC2CC2)cc(C(OCCNC(=O)OC)c2cccc(Cl)c2)c1. The number of hydrogen-bond donors (Lipinski definition) is 3. The van der Waals surface area contributed by atoms with Crippen molar-refractivity contribution in [3.63, 3.8) is 0 Å². The van der Waals surface area contributed by atoms with Crippen LogP contribution in [0.25, 0.3) is 0 Å². The molecule has 0 bridgehead atoms. The highest BCUT2D eigenvalue weighted by molar-refractivity contribution is 6.30. The first-order valence-corrected chi connectivity index (χ1v) is 15.2. The summed E-state index contributed by atoms with van der Waals surface area (Å²) < 4.78 is 17.1. The summed E-state index contributed by atoms with van der Waals surface area (Å²) in [6.07, 6.45) is 8.57. The minimum atomic E-state index is -0.528. The van der Waals surface area contributed by atoms with Gasteiger partial charge >= 0.3 is 6.09 Å². The summed E-state index contributed by atoms with van der Waals surface area (Å²) in [5.41, 5.74) is 2.15. The van der Waals surface area contributed by atoms with Crippen LogP contribution >= 0.6 is 11.6 Å². The van der Waals surface area contributed by atoms with E-state index in [1.54, 1.807) is 0 Å². The topological polar surface area (TPSA) is 97.9 Å². The van der Waals surface area contributed by atoms with E-state index in [1.807, 2.05) is 49.5 Å². The molecule has 9 heteroatoms. The van der Waals surface area contributed by atoms with Gasteiger partial charge in [-0.05, 0) is 79.6 Å². The third-order valence-corrected chi connectivity index (χ3v) is 8.03. The van der Waals surface area contributed by atoms with E-state index in [2.05, 4.69) is 20.7 Å². The molecular weight excluding hydrogens is 542 g/mol. The van der Waals surface area contributed by atoms with Crippen molar-refractivity contribution in [1.82, 2.24) is 16.0 Å². The van der Waals surface area contributed by atoms with Crippen LogP contribution in [0.15, 0.2) is 42.5 Å². The van der Waals surface area contributed by atoms with Crippen molar-refractivity contribution in [2.24, 2.45) is 11.8 Å². The van der Waals surface area contributed by atoms with Crippen molar-refractivity contribution >= 4 is 23.6 Å². The van der Waals surface area contributed by atoms with E-state index in [9.17, 15) is 9.59 Å². The highest BCUT2D eigenvalue weighted by atomic mass is 35.5. The van der Waals surface area contributed by atoms with E-state index >= 15 is 0 Å². The molecule has 2 aromatic rings. The number of carbonyl (C=O) groups excluding carboxylic acids is 2. The number of rotatable bonds is 15. The average Bonchev–Trinajstić information content (AvgIpc) is 3.81. The Bertz CT molecular complexity index is 1140. The number of nitrogens with one attached hydrogen (secondary N) is 3. The summed E-state index contributed by atoms with van der Waals surface area (Å²) in [4.78, 5) is 25.2. The Hall–Kier alpha value is -2.81. The fourth-order valence-corrected chi connectivity index (χ4v) is 5.68. The Balaban J connectivity index is 1.58. The Morgan fingerprint density at radius 3 is 2.51 bits per heavy atom. The molecule has 3 N–H and O–H groups in total. The molecular formula is C32H44ClN3O5. The van der Waals surface area contributed by atoms with Crippen molar-refractivity contribution in [1.29, 1.82) is 0 Å². The third kappa shape index (κ3) is 10.2. The van der Waals surface area contributed by atoms with E-state index in [1.165, 1.54) is 52.1 Å². The average molecular weight is 586 g/mol. The highest BCUT2D eigenvalue weighted by Gasteiger charge is 2.25. The molecule has 2 aliphatic rings. The van der Waals surface area contributed by atoms with Gasteiger partial charge in [-0.3, -0.25) is 4.79 Å². The predicted molar refractivity (Wildman–Crippen MR) is 161 cm³/mol. The van der Waals surface area contributed by atoms with Gasteiger partial charge in [-0.15, -0.1) is 0 Å². The zero-order valence-electron chi connectivity index (χ0n) is 24.3.